The van der Waals surface area contributed by atoms with Gasteiger partial charge in [0, 0.05) is 24.8 Å². The van der Waals surface area contributed by atoms with Crippen LogP contribution in [0.3, 0.4) is 0 Å². The number of piperidine rings is 1. The number of nitrogens with zero attached hydrogens (tertiary/aromatic N) is 4. The molecule has 0 radical (unpaired) electrons. The van der Waals surface area contributed by atoms with Gasteiger partial charge in [0.05, 0.1) is 4.47 Å². The number of halogens is 1. The van der Waals surface area contributed by atoms with Crippen LogP contribution in [0.25, 0.3) is 5.65 Å². The van der Waals surface area contributed by atoms with Crippen molar-refractivity contribution < 1.29 is 0 Å². The number of hydrogen-bond donors (Lipinski definition) is 1. The van der Waals surface area contributed by atoms with Gasteiger partial charge in [0.25, 0.3) is 0 Å². The Kier molecular flexibility index (Phi) is 3.45. The maximum Gasteiger partial charge on any atom is 0.246 e. The largest absolute Gasteiger partial charge is 0.333 e. The molecular formula is C13H18BrN5. The van der Waals surface area contributed by atoms with Crippen molar-refractivity contribution in [3.8, 4) is 0 Å². The number of anilines is 1. The number of rotatable bonds is 2. The molecule has 0 bridgehead atoms. The molecule has 0 aromatic carbocycles. The lowest BCUT2D eigenvalue weighted by Crippen LogP contribution is -2.49. The second-order valence-electron chi connectivity index (χ2n) is 5.11. The first-order valence-electron chi connectivity index (χ1n) is 6.70. The third-order valence-corrected chi connectivity index (χ3v) is 4.45. The van der Waals surface area contributed by atoms with Crippen molar-refractivity contribution in [2.75, 3.05) is 11.4 Å². The van der Waals surface area contributed by atoms with Gasteiger partial charge in [-0.2, -0.15) is 4.98 Å². The highest BCUT2D eigenvalue weighted by atomic mass is 79.9. The van der Waals surface area contributed by atoms with Crippen molar-refractivity contribution in [2.45, 2.75) is 38.3 Å². The Morgan fingerprint density at radius 3 is 3.05 bits per heavy atom. The molecular weight excluding hydrogens is 306 g/mol. The van der Waals surface area contributed by atoms with Crippen molar-refractivity contribution in [3.63, 3.8) is 0 Å². The molecule has 1 fully saturated rings. The van der Waals surface area contributed by atoms with Crippen LogP contribution in [0, 0.1) is 0 Å². The quantitative estimate of drug-likeness (QED) is 0.920. The summed E-state index contributed by atoms with van der Waals surface area (Å²) < 4.78 is 2.77. The highest BCUT2D eigenvalue weighted by Gasteiger charge is 2.29. The Balaban J connectivity index is 2.04. The van der Waals surface area contributed by atoms with Gasteiger partial charge in [0.2, 0.25) is 5.95 Å². The Morgan fingerprint density at radius 2 is 2.32 bits per heavy atom. The number of aromatic nitrogens is 3. The molecule has 0 amide bonds. The average Bonchev–Trinajstić information content (AvgIpc) is 2.83. The molecule has 0 spiro atoms. The standard InChI is InChI=1S/C13H18BrN5/c1-9-4-2-5-10(8-15)19(9)13-16-12-11(14)6-3-7-18(12)17-13/h3,6-7,9-10H,2,4-5,8,15H2,1H3. The van der Waals surface area contributed by atoms with Crippen LogP contribution in [0.5, 0.6) is 0 Å². The van der Waals surface area contributed by atoms with Crippen molar-refractivity contribution in [2.24, 2.45) is 5.73 Å². The van der Waals surface area contributed by atoms with Crippen LogP contribution in [0.15, 0.2) is 22.8 Å². The van der Waals surface area contributed by atoms with Crippen LogP contribution < -0.4 is 10.6 Å². The van der Waals surface area contributed by atoms with E-state index in [-0.39, 0.29) is 0 Å². The van der Waals surface area contributed by atoms with Crippen molar-refractivity contribution >= 4 is 27.5 Å². The minimum absolute atomic E-state index is 0.347. The fourth-order valence-corrected chi connectivity index (χ4v) is 3.27. The van der Waals surface area contributed by atoms with E-state index in [1.54, 1.807) is 0 Å². The summed E-state index contributed by atoms with van der Waals surface area (Å²) in [6, 6.07) is 4.72. The Morgan fingerprint density at radius 1 is 1.47 bits per heavy atom. The van der Waals surface area contributed by atoms with Gasteiger partial charge in [-0.3, -0.25) is 0 Å². The average molecular weight is 324 g/mol. The minimum atomic E-state index is 0.347. The molecule has 0 saturated carbocycles. The molecule has 2 aromatic heterocycles. The SMILES string of the molecule is CC1CCCC(CN)N1c1nc2c(Br)cccn2n1. The van der Waals surface area contributed by atoms with Gasteiger partial charge in [-0.25, -0.2) is 4.52 Å². The first-order valence-corrected chi connectivity index (χ1v) is 7.49. The van der Waals surface area contributed by atoms with E-state index in [1.807, 2.05) is 22.8 Å². The zero-order valence-electron chi connectivity index (χ0n) is 11.0. The van der Waals surface area contributed by atoms with E-state index in [2.05, 4.69) is 37.8 Å². The summed E-state index contributed by atoms with van der Waals surface area (Å²) in [4.78, 5) is 6.94. The second-order valence-corrected chi connectivity index (χ2v) is 5.97. The molecule has 5 nitrogen and oxygen atoms in total. The van der Waals surface area contributed by atoms with Crippen LogP contribution in [0.1, 0.15) is 26.2 Å². The molecule has 2 atom stereocenters. The molecule has 2 aromatic rings. The van der Waals surface area contributed by atoms with E-state index in [0.717, 1.165) is 22.5 Å². The van der Waals surface area contributed by atoms with Crippen LogP contribution in [-0.2, 0) is 0 Å². The summed E-state index contributed by atoms with van der Waals surface area (Å²) in [5, 5.41) is 4.59. The Bertz CT molecular complexity index is 581. The molecule has 3 heterocycles. The third kappa shape index (κ3) is 2.23. The van der Waals surface area contributed by atoms with Crippen molar-refractivity contribution in [3.05, 3.63) is 22.8 Å². The molecule has 102 valence electrons. The Hall–Kier alpha value is -1.14. The zero-order chi connectivity index (χ0) is 13.4. The fraction of sp³-hybridized carbons (Fsp3) is 0.538. The number of fused-ring (bicyclic) bond motifs is 1. The van der Waals surface area contributed by atoms with E-state index in [0.29, 0.717) is 18.6 Å². The van der Waals surface area contributed by atoms with Gasteiger partial charge < -0.3 is 10.6 Å². The normalized spacial score (nSPS) is 24.1. The highest BCUT2D eigenvalue weighted by Crippen LogP contribution is 2.28. The van der Waals surface area contributed by atoms with E-state index in [1.165, 1.54) is 12.8 Å². The molecule has 1 aliphatic heterocycles. The predicted octanol–water partition coefficient (Wildman–Crippen LogP) is 2.20. The molecule has 1 aliphatic rings. The van der Waals surface area contributed by atoms with Crippen LogP contribution in [0.4, 0.5) is 5.95 Å². The monoisotopic (exact) mass is 323 g/mol. The molecule has 6 heteroatoms. The maximum absolute atomic E-state index is 5.90. The van der Waals surface area contributed by atoms with Gasteiger partial charge in [-0.15, -0.1) is 5.10 Å². The topological polar surface area (TPSA) is 59.5 Å². The van der Waals surface area contributed by atoms with Crippen molar-refractivity contribution in [1.82, 2.24) is 14.6 Å². The molecule has 2 unspecified atom stereocenters. The third-order valence-electron chi connectivity index (χ3n) is 3.83. The van der Waals surface area contributed by atoms with E-state index in [4.69, 9.17) is 5.73 Å². The van der Waals surface area contributed by atoms with Crippen molar-refractivity contribution in [1.29, 1.82) is 0 Å². The van der Waals surface area contributed by atoms with Crippen LogP contribution >= 0.6 is 15.9 Å². The summed E-state index contributed by atoms with van der Waals surface area (Å²) in [6.07, 6.45) is 5.45. The highest BCUT2D eigenvalue weighted by molar-refractivity contribution is 9.10. The molecule has 1 saturated heterocycles. The van der Waals surface area contributed by atoms with E-state index >= 15 is 0 Å². The van der Waals surface area contributed by atoms with E-state index in [9.17, 15) is 0 Å². The molecule has 2 N–H and O–H groups in total. The maximum atomic E-state index is 5.90. The van der Waals surface area contributed by atoms with Gasteiger partial charge in [-0.1, -0.05) is 0 Å². The summed E-state index contributed by atoms with van der Waals surface area (Å²) in [6.45, 7) is 2.88. The number of pyridine rings is 1. The fourth-order valence-electron chi connectivity index (χ4n) is 2.85. The summed E-state index contributed by atoms with van der Waals surface area (Å²) in [5.41, 5.74) is 6.76. The summed E-state index contributed by atoms with van der Waals surface area (Å²) in [7, 11) is 0. The zero-order valence-corrected chi connectivity index (χ0v) is 12.5. The Labute approximate surface area is 120 Å². The lowest BCUT2D eigenvalue weighted by molar-refractivity contribution is 0.394. The lowest BCUT2D eigenvalue weighted by Gasteiger charge is -2.39. The van der Waals surface area contributed by atoms with E-state index < -0.39 is 0 Å². The summed E-state index contributed by atoms with van der Waals surface area (Å²) >= 11 is 3.51. The van der Waals surface area contributed by atoms with Crippen LogP contribution in [-0.4, -0.2) is 33.2 Å². The predicted molar refractivity (Wildman–Crippen MR) is 79.3 cm³/mol. The van der Waals surface area contributed by atoms with Crippen LogP contribution in [0.2, 0.25) is 0 Å². The van der Waals surface area contributed by atoms with Gasteiger partial charge in [-0.05, 0) is 54.2 Å². The summed E-state index contributed by atoms with van der Waals surface area (Å²) in [5.74, 6) is 0.787. The van der Waals surface area contributed by atoms with Gasteiger partial charge >= 0.3 is 0 Å². The molecule has 19 heavy (non-hydrogen) atoms. The first kappa shape index (κ1) is 12.9. The second kappa shape index (κ2) is 5.09. The molecule has 3 rings (SSSR count). The lowest BCUT2D eigenvalue weighted by atomic mass is 9.97. The smallest absolute Gasteiger partial charge is 0.246 e. The van der Waals surface area contributed by atoms with Gasteiger partial charge in [0.15, 0.2) is 5.65 Å². The number of nitrogens with two attached hydrogens (primary N) is 1. The van der Waals surface area contributed by atoms with Gasteiger partial charge in [0.1, 0.15) is 0 Å². The number of hydrogen-bond acceptors (Lipinski definition) is 4. The minimum Gasteiger partial charge on any atom is -0.333 e. The molecule has 0 aliphatic carbocycles. The first-order chi connectivity index (χ1) is 9.20.